The van der Waals surface area contributed by atoms with E-state index in [1.165, 1.54) is 6.26 Å². The molecule has 5 nitrogen and oxygen atoms in total. The third-order valence-corrected chi connectivity index (χ3v) is 3.03. The zero-order valence-corrected chi connectivity index (χ0v) is 12.2. The number of likely N-dealkylation sites (N-methyl/N-ethyl adjacent to an activating group) is 1. The van der Waals surface area contributed by atoms with E-state index in [0.29, 0.717) is 13.1 Å². The highest BCUT2D eigenvalue weighted by Crippen LogP contribution is 1.99. The Morgan fingerprint density at radius 2 is 1.82 bits per heavy atom. The standard InChI is InChI=1S/C11H24N2O3S/c1-6-13(7-8-17(5,15)16)9-10(14)12-11(2,3)4/h6-9H2,1-5H3,(H,12,14). The predicted octanol–water partition coefficient (Wildman–Crippen LogP) is 0.268. The van der Waals surface area contributed by atoms with E-state index in [0.717, 1.165) is 0 Å². The summed E-state index contributed by atoms with van der Waals surface area (Å²) in [6.07, 6.45) is 1.20. The van der Waals surface area contributed by atoms with Crippen LogP contribution in [-0.4, -0.2) is 56.4 Å². The normalized spacial score (nSPS) is 12.8. The van der Waals surface area contributed by atoms with Crippen molar-refractivity contribution in [3.63, 3.8) is 0 Å². The maximum atomic E-state index is 11.7. The minimum atomic E-state index is -2.97. The Hall–Kier alpha value is -0.620. The molecular weight excluding hydrogens is 240 g/mol. The van der Waals surface area contributed by atoms with Crippen LogP contribution < -0.4 is 5.32 Å². The highest BCUT2D eigenvalue weighted by Gasteiger charge is 2.16. The number of carbonyl (C=O) groups is 1. The van der Waals surface area contributed by atoms with Gasteiger partial charge in [-0.2, -0.15) is 0 Å². The molecule has 0 spiro atoms. The van der Waals surface area contributed by atoms with Crippen molar-refractivity contribution in [3.05, 3.63) is 0 Å². The third kappa shape index (κ3) is 10.3. The van der Waals surface area contributed by atoms with Gasteiger partial charge in [-0.1, -0.05) is 6.92 Å². The summed E-state index contributed by atoms with van der Waals surface area (Å²) in [5.74, 6) is 0.0109. The van der Waals surface area contributed by atoms with Crippen LogP contribution in [0.15, 0.2) is 0 Å². The van der Waals surface area contributed by atoms with Crippen LogP contribution in [0.5, 0.6) is 0 Å². The number of amides is 1. The van der Waals surface area contributed by atoms with Gasteiger partial charge in [0.05, 0.1) is 12.3 Å². The van der Waals surface area contributed by atoms with Crippen LogP contribution >= 0.6 is 0 Å². The molecule has 6 heteroatoms. The fourth-order valence-electron chi connectivity index (χ4n) is 1.30. The third-order valence-electron chi connectivity index (χ3n) is 2.11. The maximum absolute atomic E-state index is 11.7. The molecule has 1 N–H and O–H groups in total. The Balaban J connectivity index is 4.18. The topological polar surface area (TPSA) is 66.5 Å². The van der Waals surface area contributed by atoms with Crippen molar-refractivity contribution in [1.29, 1.82) is 0 Å². The van der Waals surface area contributed by atoms with Crippen LogP contribution in [-0.2, 0) is 14.6 Å². The van der Waals surface area contributed by atoms with Crippen LogP contribution in [0.4, 0.5) is 0 Å². The molecule has 0 aromatic heterocycles. The molecule has 0 saturated carbocycles. The van der Waals surface area contributed by atoms with Gasteiger partial charge >= 0.3 is 0 Å². The molecule has 0 unspecified atom stereocenters. The number of carbonyl (C=O) groups excluding carboxylic acids is 1. The predicted molar refractivity (Wildman–Crippen MR) is 69.7 cm³/mol. The average molecular weight is 264 g/mol. The van der Waals surface area contributed by atoms with Crippen molar-refractivity contribution in [3.8, 4) is 0 Å². The maximum Gasteiger partial charge on any atom is 0.234 e. The molecular formula is C11H24N2O3S. The summed E-state index contributed by atoms with van der Waals surface area (Å²) in [6.45, 7) is 8.95. The molecule has 0 heterocycles. The summed E-state index contributed by atoms with van der Waals surface area (Å²) in [5.41, 5.74) is -0.257. The van der Waals surface area contributed by atoms with Gasteiger partial charge in [0.2, 0.25) is 5.91 Å². The summed E-state index contributed by atoms with van der Waals surface area (Å²) in [5, 5.41) is 2.85. The molecule has 0 bridgehead atoms. The number of sulfone groups is 1. The quantitative estimate of drug-likeness (QED) is 0.748. The summed E-state index contributed by atoms with van der Waals surface area (Å²) in [7, 11) is -2.97. The smallest absolute Gasteiger partial charge is 0.234 e. The summed E-state index contributed by atoms with van der Waals surface area (Å²) in [6, 6.07) is 0. The highest BCUT2D eigenvalue weighted by molar-refractivity contribution is 7.90. The van der Waals surface area contributed by atoms with Gasteiger partial charge < -0.3 is 5.32 Å². The van der Waals surface area contributed by atoms with Gasteiger partial charge in [-0.15, -0.1) is 0 Å². The molecule has 0 fully saturated rings. The zero-order chi connectivity index (χ0) is 13.7. The molecule has 0 aliphatic heterocycles. The number of nitrogens with zero attached hydrogens (tertiary/aromatic N) is 1. The van der Waals surface area contributed by atoms with E-state index >= 15 is 0 Å². The lowest BCUT2D eigenvalue weighted by Gasteiger charge is -2.24. The van der Waals surface area contributed by atoms with E-state index < -0.39 is 9.84 Å². The first-order chi connectivity index (χ1) is 7.53. The first kappa shape index (κ1) is 16.4. The largest absolute Gasteiger partial charge is 0.350 e. The molecule has 0 aliphatic rings. The number of nitrogens with one attached hydrogen (secondary N) is 1. The van der Waals surface area contributed by atoms with Gasteiger partial charge in [-0.25, -0.2) is 8.42 Å². The molecule has 0 atom stereocenters. The van der Waals surface area contributed by atoms with Crippen LogP contribution in [0.2, 0.25) is 0 Å². The van der Waals surface area contributed by atoms with Crippen molar-refractivity contribution in [2.24, 2.45) is 0 Å². The Morgan fingerprint density at radius 1 is 1.29 bits per heavy atom. The van der Waals surface area contributed by atoms with Crippen molar-refractivity contribution < 1.29 is 13.2 Å². The molecule has 0 aliphatic carbocycles. The van der Waals surface area contributed by atoms with E-state index in [2.05, 4.69) is 5.32 Å². The van der Waals surface area contributed by atoms with E-state index in [-0.39, 0.29) is 23.7 Å². The number of hydrogen-bond acceptors (Lipinski definition) is 4. The van der Waals surface area contributed by atoms with E-state index in [1.807, 2.05) is 32.6 Å². The molecule has 0 saturated heterocycles. The number of rotatable bonds is 6. The second kappa shape index (κ2) is 6.35. The van der Waals surface area contributed by atoms with Gasteiger partial charge in [0.15, 0.2) is 0 Å². The Kier molecular flexibility index (Phi) is 6.12. The van der Waals surface area contributed by atoms with Gasteiger partial charge in [-0.05, 0) is 27.3 Å². The van der Waals surface area contributed by atoms with Gasteiger partial charge in [0, 0.05) is 18.3 Å². The van der Waals surface area contributed by atoms with Crippen LogP contribution in [0, 0.1) is 0 Å². The monoisotopic (exact) mass is 264 g/mol. The van der Waals surface area contributed by atoms with E-state index in [9.17, 15) is 13.2 Å². The van der Waals surface area contributed by atoms with Crippen molar-refractivity contribution in [2.75, 3.05) is 31.6 Å². The van der Waals surface area contributed by atoms with Gasteiger partial charge in [0.1, 0.15) is 9.84 Å². The lowest BCUT2D eigenvalue weighted by atomic mass is 10.1. The fraction of sp³-hybridized carbons (Fsp3) is 0.909. The molecule has 0 rings (SSSR count). The van der Waals surface area contributed by atoms with Crippen LogP contribution in [0.3, 0.4) is 0 Å². The fourth-order valence-corrected chi connectivity index (χ4v) is 1.89. The minimum Gasteiger partial charge on any atom is -0.350 e. The second-order valence-corrected chi connectivity index (χ2v) is 7.56. The molecule has 102 valence electrons. The summed E-state index contributed by atoms with van der Waals surface area (Å²) < 4.78 is 22.1. The van der Waals surface area contributed by atoms with Crippen LogP contribution in [0.25, 0.3) is 0 Å². The second-order valence-electron chi connectivity index (χ2n) is 5.30. The molecule has 0 aromatic rings. The van der Waals surface area contributed by atoms with Crippen LogP contribution in [0.1, 0.15) is 27.7 Å². The van der Waals surface area contributed by atoms with Crippen molar-refractivity contribution in [1.82, 2.24) is 10.2 Å². The van der Waals surface area contributed by atoms with E-state index in [4.69, 9.17) is 0 Å². The molecule has 1 amide bonds. The Morgan fingerprint density at radius 3 is 2.18 bits per heavy atom. The van der Waals surface area contributed by atoms with Crippen molar-refractivity contribution >= 4 is 15.7 Å². The Labute approximate surface area is 104 Å². The molecule has 0 radical (unpaired) electrons. The molecule has 0 aromatic carbocycles. The zero-order valence-electron chi connectivity index (χ0n) is 11.4. The lowest BCUT2D eigenvalue weighted by molar-refractivity contribution is -0.123. The SMILES string of the molecule is CCN(CCS(C)(=O)=O)CC(=O)NC(C)(C)C. The molecule has 17 heavy (non-hydrogen) atoms. The van der Waals surface area contributed by atoms with E-state index in [1.54, 1.807) is 0 Å². The number of hydrogen-bond donors (Lipinski definition) is 1. The summed E-state index contributed by atoms with van der Waals surface area (Å²) >= 11 is 0. The Bertz CT molecular complexity index is 344. The first-order valence-electron chi connectivity index (χ1n) is 5.74. The summed E-state index contributed by atoms with van der Waals surface area (Å²) in [4.78, 5) is 13.5. The first-order valence-corrected chi connectivity index (χ1v) is 7.80. The highest BCUT2D eigenvalue weighted by atomic mass is 32.2. The lowest BCUT2D eigenvalue weighted by Crippen LogP contribution is -2.46. The van der Waals surface area contributed by atoms with Crippen molar-refractivity contribution in [2.45, 2.75) is 33.2 Å². The van der Waals surface area contributed by atoms with Gasteiger partial charge in [0.25, 0.3) is 0 Å². The minimum absolute atomic E-state index is 0.0761. The average Bonchev–Trinajstić information content (AvgIpc) is 2.07. The van der Waals surface area contributed by atoms with Gasteiger partial charge in [-0.3, -0.25) is 9.69 Å².